The van der Waals surface area contributed by atoms with E-state index in [1.165, 1.54) is 6.20 Å². The number of para-hydroxylation sites is 1. The molecule has 0 radical (unpaired) electrons. The van der Waals surface area contributed by atoms with Crippen LogP contribution < -0.4 is 4.74 Å². The van der Waals surface area contributed by atoms with Crippen molar-refractivity contribution < 1.29 is 19.4 Å². The SMILES string of the molecule is C=CCOc1ccc(C2C(=C(O)c3cnn(-c4ccccc4)c3C)C(=O)C(=O)N2CCCN(CC)CC)cc1. The number of carbonyl (C=O) groups is 2. The topological polar surface area (TPSA) is 87.9 Å². The van der Waals surface area contributed by atoms with Gasteiger partial charge in [-0.25, -0.2) is 4.68 Å². The van der Waals surface area contributed by atoms with Crippen molar-refractivity contribution >= 4 is 17.4 Å². The molecule has 0 saturated carbocycles. The predicted octanol–water partition coefficient (Wildman–Crippen LogP) is 4.90. The Morgan fingerprint density at radius 1 is 1.10 bits per heavy atom. The highest BCUT2D eigenvalue weighted by Crippen LogP contribution is 2.40. The van der Waals surface area contributed by atoms with Crippen molar-refractivity contribution in [1.29, 1.82) is 0 Å². The average molecular weight is 529 g/mol. The fraction of sp³-hybridized carbons (Fsp3) is 0.323. The Hall–Kier alpha value is -4.17. The summed E-state index contributed by atoms with van der Waals surface area (Å²) in [4.78, 5) is 30.6. The first-order valence-electron chi connectivity index (χ1n) is 13.4. The number of likely N-dealkylation sites (tertiary alicyclic amines) is 1. The molecular weight excluding hydrogens is 492 g/mol. The Morgan fingerprint density at radius 3 is 2.44 bits per heavy atom. The minimum Gasteiger partial charge on any atom is -0.507 e. The van der Waals surface area contributed by atoms with Gasteiger partial charge in [0.25, 0.3) is 11.7 Å². The molecule has 1 saturated heterocycles. The van der Waals surface area contributed by atoms with Crippen LogP contribution >= 0.6 is 0 Å². The van der Waals surface area contributed by atoms with Crippen molar-refractivity contribution in [3.05, 3.63) is 95.8 Å². The monoisotopic (exact) mass is 528 g/mol. The minimum absolute atomic E-state index is 0.0679. The van der Waals surface area contributed by atoms with Gasteiger partial charge in [-0.1, -0.05) is 56.8 Å². The van der Waals surface area contributed by atoms with Crippen molar-refractivity contribution in [3.63, 3.8) is 0 Å². The number of aliphatic hydroxyl groups is 1. The second-order valence-corrected chi connectivity index (χ2v) is 9.43. The van der Waals surface area contributed by atoms with Crippen LogP contribution in [0.3, 0.4) is 0 Å². The molecule has 1 N–H and O–H groups in total. The van der Waals surface area contributed by atoms with Gasteiger partial charge in [0.1, 0.15) is 18.1 Å². The smallest absolute Gasteiger partial charge is 0.295 e. The van der Waals surface area contributed by atoms with Crippen LogP contribution in [0, 0.1) is 6.92 Å². The zero-order valence-electron chi connectivity index (χ0n) is 22.8. The number of hydrogen-bond acceptors (Lipinski definition) is 6. The Morgan fingerprint density at radius 2 is 1.79 bits per heavy atom. The van der Waals surface area contributed by atoms with Gasteiger partial charge in [-0.05, 0) is 62.8 Å². The van der Waals surface area contributed by atoms with E-state index in [1.807, 2.05) is 49.4 Å². The molecule has 1 aromatic heterocycles. The summed E-state index contributed by atoms with van der Waals surface area (Å²) in [5.74, 6) is -0.881. The molecule has 0 spiro atoms. The summed E-state index contributed by atoms with van der Waals surface area (Å²) in [7, 11) is 0. The Bertz CT molecular complexity index is 1340. The Labute approximate surface area is 229 Å². The van der Waals surface area contributed by atoms with Crippen LogP contribution in [0.15, 0.2) is 79.0 Å². The van der Waals surface area contributed by atoms with Gasteiger partial charge in [-0.15, -0.1) is 0 Å². The number of Topliss-reactive ketones (excluding diaryl/α,β-unsaturated/α-hetero) is 1. The van der Waals surface area contributed by atoms with Crippen molar-refractivity contribution in [2.75, 3.05) is 32.8 Å². The average Bonchev–Trinajstić information content (AvgIpc) is 3.47. The van der Waals surface area contributed by atoms with E-state index < -0.39 is 17.7 Å². The van der Waals surface area contributed by atoms with Gasteiger partial charge in [-0.2, -0.15) is 5.10 Å². The summed E-state index contributed by atoms with van der Waals surface area (Å²) in [6.45, 7) is 13.1. The third-order valence-corrected chi connectivity index (χ3v) is 7.14. The number of rotatable bonds is 12. The number of benzene rings is 2. The number of amides is 1. The van der Waals surface area contributed by atoms with E-state index in [1.54, 1.807) is 27.8 Å². The van der Waals surface area contributed by atoms with Gasteiger partial charge in [0.15, 0.2) is 0 Å². The van der Waals surface area contributed by atoms with Crippen molar-refractivity contribution in [2.24, 2.45) is 0 Å². The molecule has 3 aromatic rings. The molecule has 1 unspecified atom stereocenters. The number of hydrogen-bond donors (Lipinski definition) is 1. The summed E-state index contributed by atoms with van der Waals surface area (Å²) in [5.41, 5.74) is 2.70. The lowest BCUT2D eigenvalue weighted by Crippen LogP contribution is -2.33. The largest absolute Gasteiger partial charge is 0.507 e. The van der Waals surface area contributed by atoms with E-state index >= 15 is 0 Å². The van der Waals surface area contributed by atoms with E-state index in [9.17, 15) is 14.7 Å². The van der Waals surface area contributed by atoms with E-state index in [2.05, 4.69) is 30.4 Å². The minimum atomic E-state index is -0.727. The second kappa shape index (κ2) is 12.6. The normalized spacial score (nSPS) is 16.7. The lowest BCUT2D eigenvalue weighted by molar-refractivity contribution is -0.140. The molecule has 1 atom stereocenters. The van der Waals surface area contributed by atoms with Crippen LogP contribution in [0.5, 0.6) is 5.75 Å². The molecule has 39 heavy (non-hydrogen) atoms. The molecule has 0 bridgehead atoms. The lowest BCUT2D eigenvalue weighted by atomic mass is 9.95. The molecule has 1 fully saturated rings. The molecule has 1 amide bonds. The summed E-state index contributed by atoms with van der Waals surface area (Å²) < 4.78 is 7.32. The highest BCUT2D eigenvalue weighted by Gasteiger charge is 2.46. The molecule has 204 valence electrons. The summed E-state index contributed by atoms with van der Waals surface area (Å²) in [5, 5.41) is 16.0. The zero-order valence-corrected chi connectivity index (χ0v) is 22.8. The molecule has 8 heteroatoms. The molecule has 1 aliphatic rings. The number of carbonyl (C=O) groups excluding carboxylic acids is 2. The number of ketones is 1. The third-order valence-electron chi connectivity index (χ3n) is 7.14. The summed E-state index contributed by atoms with van der Waals surface area (Å²) in [6.07, 6.45) is 3.90. The maximum atomic E-state index is 13.4. The standard InChI is InChI=1S/C31H36N4O4/c1-5-20-39-25-16-14-23(15-17-25)28-27(30(37)31(38)34(28)19-11-18-33(6-2)7-3)29(36)26-21-32-35(22(26)4)24-12-9-8-10-13-24/h5,8-10,12-17,21,28,36H,1,6-7,11,18-20H2,2-4H3. The number of nitrogens with zero attached hydrogens (tertiary/aromatic N) is 4. The first kappa shape index (κ1) is 27.9. The number of ether oxygens (including phenoxy) is 1. The molecule has 4 rings (SSSR count). The highest BCUT2D eigenvalue weighted by molar-refractivity contribution is 6.46. The van der Waals surface area contributed by atoms with Crippen LogP contribution in [-0.2, 0) is 9.59 Å². The first-order valence-corrected chi connectivity index (χ1v) is 13.4. The summed E-state index contributed by atoms with van der Waals surface area (Å²) in [6, 6.07) is 16.1. The Balaban J connectivity index is 1.75. The predicted molar refractivity (Wildman–Crippen MR) is 152 cm³/mol. The Kier molecular flexibility index (Phi) is 8.99. The molecule has 0 aliphatic carbocycles. The molecule has 1 aliphatic heterocycles. The van der Waals surface area contributed by atoms with Gasteiger partial charge >= 0.3 is 0 Å². The van der Waals surface area contributed by atoms with Crippen molar-refractivity contribution in [2.45, 2.75) is 33.2 Å². The fourth-order valence-electron chi connectivity index (χ4n) is 4.98. The van der Waals surface area contributed by atoms with Crippen molar-refractivity contribution in [3.8, 4) is 11.4 Å². The zero-order chi connectivity index (χ0) is 27.9. The van der Waals surface area contributed by atoms with Gasteiger partial charge in [0, 0.05) is 6.54 Å². The van der Waals surface area contributed by atoms with Gasteiger partial charge < -0.3 is 19.6 Å². The van der Waals surface area contributed by atoms with Gasteiger partial charge in [0.05, 0.1) is 34.8 Å². The van der Waals surface area contributed by atoms with Crippen LogP contribution in [0.1, 0.15) is 43.1 Å². The fourth-order valence-corrected chi connectivity index (χ4v) is 4.98. The van der Waals surface area contributed by atoms with Crippen molar-refractivity contribution in [1.82, 2.24) is 19.6 Å². The first-order chi connectivity index (χ1) is 18.9. The van der Waals surface area contributed by atoms with Crippen LogP contribution in [0.25, 0.3) is 11.4 Å². The van der Waals surface area contributed by atoms with E-state index in [0.717, 1.165) is 30.9 Å². The number of aliphatic hydroxyl groups excluding tert-OH is 1. The number of aromatic nitrogens is 2. The summed E-state index contributed by atoms with van der Waals surface area (Å²) >= 11 is 0. The molecule has 8 nitrogen and oxygen atoms in total. The van der Waals surface area contributed by atoms with Crippen LogP contribution in [0.4, 0.5) is 0 Å². The lowest BCUT2D eigenvalue weighted by Gasteiger charge is -2.27. The second-order valence-electron chi connectivity index (χ2n) is 9.43. The molecule has 2 aromatic carbocycles. The van der Waals surface area contributed by atoms with E-state index in [4.69, 9.17) is 4.74 Å². The van der Waals surface area contributed by atoms with E-state index in [-0.39, 0.29) is 11.3 Å². The van der Waals surface area contributed by atoms with Crippen LogP contribution in [-0.4, -0.2) is 69.2 Å². The molecule has 2 heterocycles. The van der Waals surface area contributed by atoms with E-state index in [0.29, 0.717) is 36.6 Å². The maximum absolute atomic E-state index is 13.4. The third kappa shape index (κ3) is 5.81. The highest BCUT2D eigenvalue weighted by atomic mass is 16.5. The quantitative estimate of drug-likeness (QED) is 0.156. The van der Waals surface area contributed by atoms with Gasteiger partial charge in [-0.3, -0.25) is 9.59 Å². The van der Waals surface area contributed by atoms with Crippen LogP contribution in [0.2, 0.25) is 0 Å². The maximum Gasteiger partial charge on any atom is 0.295 e. The van der Waals surface area contributed by atoms with Gasteiger partial charge in [0.2, 0.25) is 0 Å². The molecular formula is C31H36N4O4.